The van der Waals surface area contributed by atoms with Gasteiger partial charge in [-0.25, -0.2) is 8.42 Å². The number of hydrogen-bond donors (Lipinski definition) is 0. The van der Waals surface area contributed by atoms with Gasteiger partial charge in [-0.15, -0.1) is 0 Å². The first-order valence-corrected chi connectivity index (χ1v) is 7.00. The van der Waals surface area contributed by atoms with Crippen LogP contribution in [-0.2, 0) is 19.4 Å². The van der Waals surface area contributed by atoms with E-state index >= 15 is 0 Å². The maximum Gasteiger partial charge on any atom is 0.309 e. The van der Waals surface area contributed by atoms with E-state index in [9.17, 15) is 13.2 Å². The summed E-state index contributed by atoms with van der Waals surface area (Å²) < 4.78 is 33.6. The summed E-state index contributed by atoms with van der Waals surface area (Å²) in [6.07, 6.45) is 0. The van der Waals surface area contributed by atoms with Crippen molar-refractivity contribution in [3.05, 3.63) is 24.3 Å². The fraction of sp³-hybridized carbons (Fsp3) is 0.417. The minimum Gasteiger partial charge on any atom is -0.497 e. The van der Waals surface area contributed by atoms with Crippen LogP contribution in [0.5, 0.6) is 5.75 Å². The Morgan fingerprint density at radius 3 is 2.56 bits per heavy atom. The normalized spacial score (nSPS) is 12.8. The third-order valence-electron chi connectivity index (χ3n) is 2.47. The molecule has 0 aliphatic rings. The molecule has 0 radical (unpaired) electrons. The molecule has 6 heteroatoms. The molecule has 0 N–H and O–H groups in total. The van der Waals surface area contributed by atoms with Gasteiger partial charge in [-0.3, -0.25) is 4.79 Å². The summed E-state index contributed by atoms with van der Waals surface area (Å²) in [5, 5.41) is 0. The molecule has 0 heterocycles. The molecule has 1 aromatic carbocycles. The van der Waals surface area contributed by atoms with Gasteiger partial charge in [-0.05, 0) is 18.2 Å². The number of methoxy groups -OCH3 is 2. The van der Waals surface area contributed by atoms with Crippen molar-refractivity contribution >= 4 is 15.8 Å². The van der Waals surface area contributed by atoms with Gasteiger partial charge in [-0.2, -0.15) is 0 Å². The van der Waals surface area contributed by atoms with Crippen LogP contribution in [0.2, 0.25) is 0 Å². The first kappa shape index (κ1) is 14.5. The molecule has 1 unspecified atom stereocenters. The molecule has 0 aliphatic carbocycles. The van der Waals surface area contributed by atoms with Gasteiger partial charge in [-0.1, -0.05) is 13.0 Å². The number of rotatable bonds is 5. The number of carbonyl (C=O) groups excluding carboxylic acids is 1. The Morgan fingerprint density at radius 2 is 2.00 bits per heavy atom. The highest BCUT2D eigenvalue weighted by atomic mass is 32.2. The molecule has 0 saturated carbocycles. The first-order valence-electron chi connectivity index (χ1n) is 5.35. The zero-order valence-corrected chi connectivity index (χ0v) is 11.4. The third kappa shape index (κ3) is 3.46. The van der Waals surface area contributed by atoms with Crippen LogP contribution in [0.15, 0.2) is 29.2 Å². The Balaban J connectivity index is 2.96. The largest absolute Gasteiger partial charge is 0.497 e. The van der Waals surface area contributed by atoms with Crippen molar-refractivity contribution in [3.63, 3.8) is 0 Å². The summed E-state index contributed by atoms with van der Waals surface area (Å²) >= 11 is 0. The van der Waals surface area contributed by atoms with Gasteiger partial charge in [0.25, 0.3) is 0 Å². The van der Waals surface area contributed by atoms with E-state index in [4.69, 9.17) is 4.74 Å². The molecule has 1 aromatic rings. The summed E-state index contributed by atoms with van der Waals surface area (Å²) in [5.41, 5.74) is 0. The highest BCUT2D eigenvalue weighted by Crippen LogP contribution is 2.20. The smallest absolute Gasteiger partial charge is 0.309 e. The lowest BCUT2D eigenvalue weighted by Gasteiger charge is -2.10. The van der Waals surface area contributed by atoms with Crippen molar-refractivity contribution in [1.29, 1.82) is 0 Å². The fourth-order valence-corrected chi connectivity index (χ4v) is 3.06. The Morgan fingerprint density at radius 1 is 1.33 bits per heavy atom. The molecular weight excluding hydrogens is 256 g/mol. The summed E-state index contributed by atoms with van der Waals surface area (Å²) in [6.45, 7) is 1.52. The van der Waals surface area contributed by atoms with Gasteiger partial charge < -0.3 is 9.47 Å². The predicted octanol–water partition coefficient (Wildman–Crippen LogP) is 1.28. The SMILES string of the molecule is COC(=O)C(C)CS(=O)(=O)c1cccc(OC)c1. The predicted molar refractivity (Wildman–Crippen MR) is 66.2 cm³/mol. The van der Waals surface area contributed by atoms with Crippen LogP contribution in [-0.4, -0.2) is 34.4 Å². The average Bonchev–Trinajstić information content (AvgIpc) is 2.37. The lowest BCUT2D eigenvalue weighted by atomic mass is 10.2. The van der Waals surface area contributed by atoms with E-state index in [1.807, 2.05) is 0 Å². The number of carbonyl (C=O) groups is 1. The van der Waals surface area contributed by atoms with Gasteiger partial charge in [0.05, 0.1) is 30.8 Å². The molecule has 18 heavy (non-hydrogen) atoms. The summed E-state index contributed by atoms with van der Waals surface area (Å²) in [4.78, 5) is 11.4. The quantitative estimate of drug-likeness (QED) is 0.755. The van der Waals surface area contributed by atoms with Crippen molar-refractivity contribution in [2.24, 2.45) is 5.92 Å². The zero-order valence-electron chi connectivity index (χ0n) is 10.5. The van der Waals surface area contributed by atoms with Crippen LogP contribution >= 0.6 is 0 Å². The maximum absolute atomic E-state index is 12.1. The molecule has 1 rings (SSSR count). The summed E-state index contributed by atoms with van der Waals surface area (Å²) in [7, 11) is -0.834. The molecule has 0 aliphatic heterocycles. The zero-order chi connectivity index (χ0) is 13.8. The van der Waals surface area contributed by atoms with Crippen molar-refractivity contribution < 1.29 is 22.7 Å². The van der Waals surface area contributed by atoms with Crippen LogP contribution in [0.1, 0.15) is 6.92 Å². The Kier molecular flexibility index (Phi) is 4.72. The van der Waals surface area contributed by atoms with E-state index in [0.29, 0.717) is 5.75 Å². The summed E-state index contributed by atoms with van der Waals surface area (Å²) in [5.74, 6) is -1.07. The Hall–Kier alpha value is -1.56. The van der Waals surface area contributed by atoms with Gasteiger partial charge in [0, 0.05) is 0 Å². The Bertz CT molecular complexity index is 521. The van der Waals surface area contributed by atoms with Crippen LogP contribution in [0.4, 0.5) is 0 Å². The highest BCUT2D eigenvalue weighted by Gasteiger charge is 2.24. The third-order valence-corrected chi connectivity index (χ3v) is 4.38. The summed E-state index contributed by atoms with van der Waals surface area (Å²) in [6, 6.07) is 6.15. The molecule has 0 amide bonds. The number of sulfone groups is 1. The molecule has 0 aromatic heterocycles. The van der Waals surface area contributed by atoms with E-state index < -0.39 is 21.7 Å². The lowest BCUT2D eigenvalue weighted by molar-refractivity contribution is -0.144. The molecule has 5 nitrogen and oxygen atoms in total. The lowest BCUT2D eigenvalue weighted by Crippen LogP contribution is -2.22. The molecule has 100 valence electrons. The minimum absolute atomic E-state index is 0.137. The van der Waals surface area contributed by atoms with Crippen LogP contribution in [0.25, 0.3) is 0 Å². The second-order valence-electron chi connectivity index (χ2n) is 3.88. The van der Waals surface area contributed by atoms with Crippen LogP contribution < -0.4 is 4.74 Å². The van der Waals surface area contributed by atoms with Crippen molar-refractivity contribution in [1.82, 2.24) is 0 Å². The van der Waals surface area contributed by atoms with E-state index in [1.54, 1.807) is 12.1 Å². The molecule has 1 atom stereocenters. The van der Waals surface area contributed by atoms with E-state index in [0.717, 1.165) is 0 Å². The number of hydrogen-bond acceptors (Lipinski definition) is 5. The number of benzene rings is 1. The number of esters is 1. The van der Waals surface area contributed by atoms with E-state index in [-0.39, 0.29) is 10.6 Å². The van der Waals surface area contributed by atoms with Crippen LogP contribution in [0, 0.1) is 5.92 Å². The highest BCUT2D eigenvalue weighted by molar-refractivity contribution is 7.91. The Labute approximate surface area is 107 Å². The van der Waals surface area contributed by atoms with Gasteiger partial charge in [0.2, 0.25) is 0 Å². The standard InChI is InChI=1S/C12H16O5S/c1-9(12(13)17-3)8-18(14,15)11-6-4-5-10(7-11)16-2/h4-7,9H,8H2,1-3H3. The molecule has 0 fully saturated rings. The molecule has 0 bridgehead atoms. The average molecular weight is 272 g/mol. The monoisotopic (exact) mass is 272 g/mol. The van der Waals surface area contributed by atoms with Gasteiger partial charge in [0.15, 0.2) is 9.84 Å². The minimum atomic E-state index is -3.53. The molecule has 0 spiro atoms. The second-order valence-corrected chi connectivity index (χ2v) is 5.92. The topological polar surface area (TPSA) is 69.7 Å². The first-order chi connectivity index (χ1) is 8.40. The van der Waals surface area contributed by atoms with Gasteiger partial charge in [0.1, 0.15) is 5.75 Å². The van der Waals surface area contributed by atoms with Crippen molar-refractivity contribution in [2.45, 2.75) is 11.8 Å². The maximum atomic E-state index is 12.1. The number of ether oxygens (including phenoxy) is 2. The fourth-order valence-electron chi connectivity index (χ4n) is 1.49. The second kappa shape index (κ2) is 5.86. The van der Waals surface area contributed by atoms with E-state index in [2.05, 4.69) is 4.74 Å². The molecular formula is C12H16O5S. The van der Waals surface area contributed by atoms with Crippen LogP contribution in [0.3, 0.4) is 0 Å². The van der Waals surface area contributed by atoms with Crippen molar-refractivity contribution in [2.75, 3.05) is 20.0 Å². The van der Waals surface area contributed by atoms with Crippen molar-refractivity contribution in [3.8, 4) is 5.75 Å². The van der Waals surface area contributed by atoms with E-state index in [1.165, 1.54) is 33.3 Å². The molecule has 0 saturated heterocycles. The van der Waals surface area contributed by atoms with Gasteiger partial charge >= 0.3 is 5.97 Å².